The molecular formula is C24H16ClN3O4S. The van der Waals surface area contributed by atoms with Crippen LogP contribution < -0.4 is 5.32 Å². The average Bonchev–Trinajstić information content (AvgIpc) is 3.38. The van der Waals surface area contributed by atoms with Gasteiger partial charge in [0, 0.05) is 23.6 Å². The predicted octanol–water partition coefficient (Wildman–Crippen LogP) is 6.51. The summed E-state index contributed by atoms with van der Waals surface area (Å²) in [7, 11) is 0. The molecule has 0 saturated carbocycles. The molecule has 0 spiro atoms. The van der Waals surface area contributed by atoms with Gasteiger partial charge in [0.15, 0.2) is 5.58 Å². The Balaban J connectivity index is 1.32. The first kappa shape index (κ1) is 21.1. The van der Waals surface area contributed by atoms with Crippen molar-refractivity contribution in [3.63, 3.8) is 0 Å². The molecule has 0 aliphatic rings. The van der Waals surface area contributed by atoms with Crippen molar-refractivity contribution in [1.29, 1.82) is 0 Å². The van der Waals surface area contributed by atoms with Crippen LogP contribution in [0.2, 0.25) is 5.02 Å². The number of nitrogens with one attached hydrogen (secondary N) is 1. The molecule has 33 heavy (non-hydrogen) atoms. The molecule has 0 aliphatic carbocycles. The van der Waals surface area contributed by atoms with Crippen LogP contribution in [0.25, 0.3) is 32.6 Å². The molecule has 3 aromatic carbocycles. The normalized spacial score (nSPS) is 11.2. The third-order valence-electron chi connectivity index (χ3n) is 5.24. The van der Waals surface area contributed by atoms with E-state index in [-0.39, 0.29) is 28.0 Å². The van der Waals surface area contributed by atoms with Gasteiger partial charge in [-0.3, -0.25) is 14.9 Å². The highest BCUT2D eigenvalue weighted by Crippen LogP contribution is 2.40. The largest absolute Gasteiger partial charge is 0.436 e. The molecule has 1 N–H and O–H groups in total. The summed E-state index contributed by atoms with van der Waals surface area (Å²) >= 11 is 7.37. The summed E-state index contributed by atoms with van der Waals surface area (Å²) < 4.78 is 6.24. The van der Waals surface area contributed by atoms with Gasteiger partial charge >= 0.3 is 0 Å². The minimum absolute atomic E-state index is 0.0663. The molecule has 0 fully saturated rings. The molecule has 0 aliphatic heterocycles. The number of nitrogens with zero attached hydrogens (tertiary/aromatic N) is 2. The quantitative estimate of drug-likeness (QED) is 0.230. The Labute approximate surface area is 196 Å². The fourth-order valence-electron chi connectivity index (χ4n) is 3.55. The lowest BCUT2D eigenvalue weighted by atomic mass is 10.1. The van der Waals surface area contributed by atoms with E-state index in [0.717, 1.165) is 39.1 Å². The Morgan fingerprint density at radius 1 is 1.18 bits per heavy atom. The van der Waals surface area contributed by atoms with E-state index in [0.29, 0.717) is 16.0 Å². The zero-order valence-corrected chi connectivity index (χ0v) is 18.9. The van der Waals surface area contributed by atoms with Gasteiger partial charge in [-0.1, -0.05) is 41.9 Å². The van der Waals surface area contributed by atoms with E-state index in [1.54, 1.807) is 12.1 Å². The second-order valence-corrected chi connectivity index (χ2v) is 8.92. The van der Waals surface area contributed by atoms with Crippen molar-refractivity contribution in [2.45, 2.75) is 13.5 Å². The van der Waals surface area contributed by atoms with Gasteiger partial charge < -0.3 is 9.73 Å². The van der Waals surface area contributed by atoms with Gasteiger partial charge in [0.05, 0.1) is 9.95 Å². The zero-order chi connectivity index (χ0) is 23.1. The number of fused-ring (bicyclic) bond motifs is 2. The van der Waals surface area contributed by atoms with E-state index in [4.69, 9.17) is 16.0 Å². The maximum Gasteiger partial charge on any atom is 0.287 e. The van der Waals surface area contributed by atoms with E-state index in [1.165, 1.54) is 6.07 Å². The number of hydrogen-bond acceptors (Lipinski definition) is 6. The summed E-state index contributed by atoms with van der Waals surface area (Å²) in [5.41, 5.74) is 4.28. The number of benzene rings is 3. The molecule has 0 bridgehead atoms. The van der Waals surface area contributed by atoms with Crippen LogP contribution in [0, 0.1) is 17.0 Å². The van der Waals surface area contributed by atoms with Crippen LogP contribution in [-0.2, 0) is 6.54 Å². The minimum atomic E-state index is -0.476. The maximum absolute atomic E-state index is 12.7. The standard InChI is InChI=1S/C24H16ClN3O4S/c1-13-5-10-17-19(11-13)32-24(27-17)15-8-6-14(7-9-15)12-26-23(29)22-20(25)16-3-2-4-18(28(30)31)21(16)33-22/h2-11H,12H2,1H3,(H,26,29). The number of oxazole rings is 1. The number of aromatic nitrogens is 1. The monoisotopic (exact) mass is 477 g/mol. The molecule has 0 saturated heterocycles. The summed E-state index contributed by atoms with van der Waals surface area (Å²) in [5.74, 6) is 0.152. The number of amides is 1. The molecule has 0 radical (unpaired) electrons. The summed E-state index contributed by atoms with van der Waals surface area (Å²) in [6, 6.07) is 18.0. The lowest BCUT2D eigenvalue weighted by Crippen LogP contribution is -2.22. The molecule has 9 heteroatoms. The molecule has 0 unspecified atom stereocenters. The Morgan fingerprint density at radius 3 is 2.73 bits per heavy atom. The summed E-state index contributed by atoms with van der Waals surface area (Å²) in [6.45, 7) is 2.27. The number of thiophene rings is 1. The molecule has 1 amide bonds. The first-order valence-corrected chi connectivity index (χ1v) is 11.2. The van der Waals surface area contributed by atoms with E-state index in [2.05, 4.69) is 10.3 Å². The van der Waals surface area contributed by atoms with Crippen molar-refractivity contribution >= 4 is 55.7 Å². The average molecular weight is 478 g/mol. The fraction of sp³-hybridized carbons (Fsp3) is 0.0833. The first-order valence-electron chi connectivity index (χ1n) is 10.0. The van der Waals surface area contributed by atoms with Gasteiger partial charge in [0.25, 0.3) is 11.6 Å². The second kappa shape index (κ2) is 8.31. The van der Waals surface area contributed by atoms with Crippen LogP contribution >= 0.6 is 22.9 Å². The van der Waals surface area contributed by atoms with Crippen molar-refractivity contribution in [2.75, 3.05) is 0 Å². The van der Waals surface area contributed by atoms with Gasteiger partial charge in [-0.15, -0.1) is 11.3 Å². The number of non-ortho nitro benzene ring substituents is 1. The van der Waals surface area contributed by atoms with E-state index < -0.39 is 4.92 Å². The zero-order valence-electron chi connectivity index (χ0n) is 17.3. The molecule has 2 heterocycles. The second-order valence-electron chi connectivity index (χ2n) is 7.53. The van der Waals surface area contributed by atoms with Crippen LogP contribution in [0.15, 0.2) is 65.1 Å². The maximum atomic E-state index is 12.7. The molecule has 164 valence electrons. The smallest absolute Gasteiger partial charge is 0.287 e. The molecule has 2 aromatic heterocycles. The Kier molecular flexibility index (Phi) is 5.32. The van der Waals surface area contributed by atoms with Crippen molar-refractivity contribution in [3.05, 3.63) is 91.8 Å². The van der Waals surface area contributed by atoms with Crippen LogP contribution in [0.3, 0.4) is 0 Å². The first-order chi connectivity index (χ1) is 15.9. The van der Waals surface area contributed by atoms with Crippen molar-refractivity contribution in [1.82, 2.24) is 10.3 Å². The number of carbonyl (C=O) groups is 1. The summed E-state index contributed by atoms with van der Waals surface area (Å²) in [6.07, 6.45) is 0. The van der Waals surface area contributed by atoms with Crippen molar-refractivity contribution < 1.29 is 14.1 Å². The summed E-state index contributed by atoms with van der Waals surface area (Å²) in [5, 5.41) is 14.8. The number of rotatable bonds is 5. The number of hydrogen-bond donors (Lipinski definition) is 1. The fourth-order valence-corrected chi connectivity index (χ4v) is 5.06. The van der Waals surface area contributed by atoms with E-state index in [1.807, 2.05) is 49.4 Å². The third kappa shape index (κ3) is 3.94. The van der Waals surface area contributed by atoms with Crippen LogP contribution in [0.4, 0.5) is 5.69 Å². The van der Waals surface area contributed by atoms with E-state index in [9.17, 15) is 14.9 Å². The van der Waals surface area contributed by atoms with Crippen LogP contribution in [0.5, 0.6) is 0 Å². The number of carbonyl (C=O) groups excluding carboxylic acids is 1. The van der Waals surface area contributed by atoms with Gasteiger partial charge in [-0.25, -0.2) is 4.98 Å². The van der Waals surface area contributed by atoms with Gasteiger partial charge in [0.2, 0.25) is 5.89 Å². The third-order valence-corrected chi connectivity index (χ3v) is 6.97. The lowest BCUT2D eigenvalue weighted by Gasteiger charge is -2.05. The van der Waals surface area contributed by atoms with Crippen molar-refractivity contribution in [2.24, 2.45) is 0 Å². The van der Waals surface area contributed by atoms with Gasteiger partial charge in [0.1, 0.15) is 15.1 Å². The van der Waals surface area contributed by atoms with Crippen LogP contribution in [-0.4, -0.2) is 15.8 Å². The van der Waals surface area contributed by atoms with E-state index >= 15 is 0 Å². The Morgan fingerprint density at radius 2 is 1.97 bits per heavy atom. The number of aryl methyl sites for hydroxylation is 1. The van der Waals surface area contributed by atoms with Gasteiger partial charge in [-0.2, -0.15) is 0 Å². The lowest BCUT2D eigenvalue weighted by molar-refractivity contribution is -0.382. The molecule has 0 atom stereocenters. The predicted molar refractivity (Wildman–Crippen MR) is 129 cm³/mol. The number of nitro groups is 1. The number of nitro benzene ring substituents is 1. The highest BCUT2D eigenvalue weighted by Gasteiger charge is 2.22. The molecular weight excluding hydrogens is 462 g/mol. The SMILES string of the molecule is Cc1ccc2nc(-c3ccc(CNC(=O)c4sc5c([N+](=O)[O-])cccc5c4Cl)cc3)oc2c1. The highest BCUT2D eigenvalue weighted by molar-refractivity contribution is 7.22. The van der Waals surface area contributed by atoms with Gasteiger partial charge in [-0.05, 0) is 42.3 Å². The Hall–Kier alpha value is -3.75. The Bertz CT molecular complexity index is 1540. The number of halogens is 1. The molecule has 5 aromatic rings. The van der Waals surface area contributed by atoms with Crippen LogP contribution in [0.1, 0.15) is 20.8 Å². The topological polar surface area (TPSA) is 98.3 Å². The summed E-state index contributed by atoms with van der Waals surface area (Å²) in [4.78, 5) is 28.3. The molecule has 5 rings (SSSR count). The highest BCUT2D eigenvalue weighted by atomic mass is 35.5. The minimum Gasteiger partial charge on any atom is -0.436 e. The molecule has 7 nitrogen and oxygen atoms in total. The van der Waals surface area contributed by atoms with Crippen molar-refractivity contribution in [3.8, 4) is 11.5 Å².